The molecule has 1 aliphatic heterocycles. The summed E-state index contributed by atoms with van der Waals surface area (Å²) >= 11 is 0. The number of hydrogen-bond acceptors (Lipinski definition) is 4. The van der Waals surface area contributed by atoms with E-state index in [0.29, 0.717) is 13.0 Å². The van der Waals surface area contributed by atoms with Crippen molar-refractivity contribution in [2.24, 2.45) is 0 Å². The lowest BCUT2D eigenvalue weighted by atomic mass is 10.1. The van der Waals surface area contributed by atoms with Gasteiger partial charge in [0.15, 0.2) is 0 Å². The fraction of sp³-hybridized carbons (Fsp3) is 0.444. The molecular formula is C18H23N3O3. The molecule has 3 rings (SSSR count). The highest BCUT2D eigenvalue weighted by molar-refractivity contribution is 5.80. The normalized spacial score (nSPS) is 15.7. The lowest BCUT2D eigenvalue weighted by Gasteiger charge is -2.34. The Kier molecular flexibility index (Phi) is 4.85. The highest BCUT2D eigenvalue weighted by Crippen LogP contribution is 2.19. The number of benzene rings is 1. The van der Waals surface area contributed by atoms with Crippen molar-refractivity contribution in [2.75, 3.05) is 33.3 Å². The maximum Gasteiger partial charge on any atom is 0.252 e. The van der Waals surface area contributed by atoms with Crippen molar-refractivity contribution in [1.82, 2.24) is 14.8 Å². The summed E-state index contributed by atoms with van der Waals surface area (Å²) in [5.74, 6) is 0.926. The minimum Gasteiger partial charge on any atom is -0.497 e. The van der Waals surface area contributed by atoms with E-state index in [4.69, 9.17) is 4.74 Å². The van der Waals surface area contributed by atoms with Crippen LogP contribution in [0.5, 0.6) is 5.75 Å². The van der Waals surface area contributed by atoms with Gasteiger partial charge in [-0.3, -0.25) is 14.5 Å². The van der Waals surface area contributed by atoms with Crippen molar-refractivity contribution in [1.29, 1.82) is 0 Å². The topological polar surface area (TPSA) is 65.6 Å². The van der Waals surface area contributed by atoms with Gasteiger partial charge >= 0.3 is 0 Å². The van der Waals surface area contributed by atoms with Crippen molar-refractivity contribution in [3.8, 4) is 5.75 Å². The molecule has 1 aromatic carbocycles. The molecule has 24 heavy (non-hydrogen) atoms. The molecular weight excluding hydrogens is 306 g/mol. The van der Waals surface area contributed by atoms with Crippen LogP contribution in [0.15, 0.2) is 29.1 Å². The molecule has 6 heteroatoms. The highest BCUT2D eigenvalue weighted by Gasteiger charge is 2.20. The molecule has 1 aliphatic rings. The van der Waals surface area contributed by atoms with Gasteiger partial charge in [0.05, 0.1) is 12.6 Å². The monoisotopic (exact) mass is 329 g/mol. The number of rotatable bonds is 4. The predicted molar refractivity (Wildman–Crippen MR) is 93.3 cm³/mol. The number of methoxy groups -OCH3 is 1. The Labute approximate surface area is 141 Å². The van der Waals surface area contributed by atoms with Gasteiger partial charge in [-0.05, 0) is 23.6 Å². The van der Waals surface area contributed by atoms with Crippen LogP contribution in [0.2, 0.25) is 0 Å². The molecule has 1 fully saturated rings. The fourth-order valence-electron chi connectivity index (χ4n) is 3.09. The molecule has 2 aromatic rings. The first-order valence-electron chi connectivity index (χ1n) is 8.30. The standard InChI is InChI=1S/C18H23N3O3/c1-3-17(22)21-8-6-20(7-9-21)12-14-10-13-4-5-15(24-2)11-16(13)19-18(14)23/h4-5,10-11H,3,6-9,12H2,1-2H3,(H,19,23). The Bertz CT molecular complexity index is 792. The van der Waals surface area contributed by atoms with E-state index in [9.17, 15) is 9.59 Å². The van der Waals surface area contributed by atoms with Crippen LogP contribution in [0.1, 0.15) is 18.9 Å². The Morgan fingerprint density at radius 2 is 1.96 bits per heavy atom. The Morgan fingerprint density at radius 3 is 2.62 bits per heavy atom. The Balaban J connectivity index is 1.73. The van der Waals surface area contributed by atoms with E-state index in [1.807, 2.05) is 36.1 Å². The van der Waals surface area contributed by atoms with Gasteiger partial charge in [-0.15, -0.1) is 0 Å². The quantitative estimate of drug-likeness (QED) is 0.925. The number of nitrogens with zero attached hydrogens (tertiary/aromatic N) is 2. The number of piperazine rings is 1. The van der Waals surface area contributed by atoms with Crippen molar-refractivity contribution in [3.63, 3.8) is 0 Å². The number of carbonyl (C=O) groups is 1. The third-order valence-electron chi connectivity index (χ3n) is 4.55. The van der Waals surface area contributed by atoms with Gasteiger partial charge in [-0.2, -0.15) is 0 Å². The van der Waals surface area contributed by atoms with Crippen LogP contribution >= 0.6 is 0 Å². The molecule has 0 spiro atoms. The Morgan fingerprint density at radius 1 is 1.21 bits per heavy atom. The summed E-state index contributed by atoms with van der Waals surface area (Å²) in [6.45, 7) is 5.55. The second kappa shape index (κ2) is 7.05. The molecule has 2 heterocycles. The Hall–Kier alpha value is -2.34. The van der Waals surface area contributed by atoms with Crippen LogP contribution in [-0.4, -0.2) is 54.0 Å². The average Bonchev–Trinajstić information content (AvgIpc) is 2.62. The van der Waals surface area contributed by atoms with Gasteiger partial charge in [-0.1, -0.05) is 6.92 Å². The summed E-state index contributed by atoms with van der Waals surface area (Å²) in [4.78, 5) is 31.1. The van der Waals surface area contributed by atoms with Crippen molar-refractivity contribution >= 4 is 16.8 Å². The molecule has 0 unspecified atom stereocenters. The van der Waals surface area contributed by atoms with E-state index in [2.05, 4.69) is 9.88 Å². The van der Waals surface area contributed by atoms with Gasteiger partial charge in [0.2, 0.25) is 5.91 Å². The zero-order chi connectivity index (χ0) is 17.1. The number of nitrogens with one attached hydrogen (secondary N) is 1. The van der Waals surface area contributed by atoms with Gasteiger partial charge in [0, 0.05) is 50.8 Å². The molecule has 6 nitrogen and oxygen atoms in total. The summed E-state index contributed by atoms with van der Waals surface area (Å²) in [5.41, 5.74) is 1.47. The zero-order valence-electron chi connectivity index (χ0n) is 14.2. The van der Waals surface area contributed by atoms with Crippen LogP contribution in [0, 0.1) is 0 Å². The number of aromatic nitrogens is 1. The van der Waals surface area contributed by atoms with E-state index < -0.39 is 0 Å². The summed E-state index contributed by atoms with van der Waals surface area (Å²) in [5, 5.41) is 0.991. The van der Waals surface area contributed by atoms with Crippen molar-refractivity contribution in [2.45, 2.75) is 19.9 Å². The van der Waals surface area contributed by atoms with Crippen LogP contribution in [0.3, 0.4) is 0 Å². The van der Waals surface area contributed by atoms with E-state index in [1.165, 1.54) is 0 Å². The van der Waals surface area contributed by atoms with Crippen LogP contribution < -0.4 is 10.3 Å². The van der Waals surface area contributed by atoms with Crippen molar-refractivity contribution < 1.29 is 9.53 Å². The minimum atomic E-state index is -0.0668. The van der Waals surface area contributed by atoms with Gasteiger partial charge < -0.3 is 14.6 Å². The molecule has 0 bridgehead atoms. The van der Waals surface area contributed by atoms with Gasteiger partial charge in [0.1, 0.15) is 5.75 Å². The van der Waals surface area contributed by atoms with E-state index in [0.717, 1.165) is 48.4 Å². The minimum absolute atomic E-state index is 0.0668. The van der Waals surface area contributed by atoms with Crippen molar-refractivity contribution in [3.05, 3.63) is 40.2 Å². The number of hydrogen-bond donors (Lipinski definition) is 1. The molecule has 1 N–H and O–H groups in total. The van der Waals surface area contributed by atoms with E-state index >= 15 is 0 Å². The first kappa shape index (κ1) is 16.5. The van der Waals surface area contributed by atoms with Gasteiger partial charge in [0.25, 0.3) is 5.56 Å². The lowest BCUT2D eigenvalue weighted by Crippen LogP contribution is -2.48. The largest absolute Gasteiger partial charge is 0.497 e. The maximum absolute atomic E-state index is 12.3. The van der Waals surface area contributed by atoms with Crippen LogP contribution in [0.25, 0.3) is 10.9 Å². The zero-order valence-corrected chi connectivity index (χ0v) is 14.2. The summed E-state index contributed by atoms with van der Waals surface area (Å²) in [6.07, 6.45) is 0.549. The SMILES string of the molecule is CCC(=O)N1CCN(Cc2cc3ccc(OC)cc3[nH]c2=O)CC1. The number of fused-ring (bicyclic) bond motifs is 1. The predicted octanol–water partition coefficient (Wildman–Crippen LogP) is 1.59. The summed E-state index contributed by atoms with van der Waals surface area (Å²) < 4.78 is 5.19. The molecule has 1 amide bonds. The number of pyridine rings is 1. The highest BCUT2D eigenvalue weighted by atomic mass is 16.5. The number of aromatic amines is 1. The molecule has 0 atom stereocenters. The smallest absolute Gasteiger partial charge is 0.252 e. The molecule has 0 aliphatic carbocycles. The molecule has 1 aromatic heterocycles. The van der Waals surface area contributed by atoms with E-state index in [1.54, 1.807) is 7.11 Å². The van der Waals surface area contributed by atoms with Crippen LogP contribution in [0.4, 0.5) is 0 Å². The number of amides is 1. The molecule has 1 saturated heterocycles. The average molecular weight is 329 g/mol. The number of carbonyl (C=O) groups excluding carboxylic acids is 1. The fourth-order valence-corrected chi connectivity index (χ4v) is 3.09. The third-order valence-corrected chi connectivity index (χ3v) is 4.55. The second-order valence-electron chi connectivity index (χ2n) is 6.09. The maximum atomic E-state index is 12.3. The number of H-pyrrole nitrogens is 1. The molecule has 128 valence electrons. The summed E-state index contributed by atoms with van der Waals surface area (Å²) in [7, 11) is 1.61. The molecule has 0 saturated carbocycles. The van der Waals surface area contributed by atoms with Gasteiger partial charge in [-0.25, -0.2) is 0 Å². The lowest BCUT2D eigenvalue weighted by molar-refractivity contribution is -0.132. The van der Waals surface area contributed by atoms with Crippen LogP contribution in [-0.2, 0) is 11.3 Å². The first-order chi connectivity index (χ1) is 11.6. The van der Waals surface area contributed by atoms with E-state index in [-0.39, 0.29) is 11.5 Å². The third kappa shape index (κ3) is 3.43. The second-order valence-corrected chi connectivity index (χ2v) is 6.09. The number of ether oxygens (including phenoxy) is 1. The first-order valence-corrected chi connectivity index (χ1v) is 8.30. The summed E-state index contributed by atoms with van der Waals surface area (Å²) in [6, 6.07) is 7.61. The molecule has 0 radical (unpaired) electrons.